The number of nitrogens with zero attached hydrogens (tertiary/aromatic N) is 2. The molecule has 0 aliphatic heterocycles. The van der Waals surface area contributed by atoms with Crippen molar-refractivity contribution in [2.24, 2.45) is 10.2 Å². The monoisotopic (exact) mass is 595 g/mol. The van der Waals surface area contributed by atoms with E-state index in [9.17, 15) is 22.9 Å². The van der Waals surface area contributed by atoms with Crippen LogP contribution in [0.2, 0.25) is 10.0 Å². The number of hydrogen-bond donors (Lipinski definition) is 2. The minimum atomic E-state index is -4.77. The van der Waals surface area contributed by atoms with Crippen molar-refractivity contribution < 1.29 is 57.2 Å². The van der Waals surface area contributed by atoms with Crippen molar-refractivity contribution in [3.8, 4) is 11.5 Å². The van der Waals surface area contributed by atoms with Gasteiger partial charge in [0.1, 0.15) is 16.3 Å². The molecule has 196 valence electrons. The Morgan fingerprint density at radius 2 is 1.74 bits per heavy atom. The summed E-state index contributed by atoms with van der Waals surface area (Å²) in [6.07, 6.45) is 0.336. The van der Waals surface area contributed by atoms with Gasteiger partial charge < -0.3 is 15.2 Å². The molecule has 0 aliphatic rings. The molecule has 13 heteroatoms. The van der Waals surface area contributed by atoms with Crippen molar-refractivity contribution in [2.45, 2.75) is 18.2 Å². The Balaban J connectivity index is 0.00000420. The molecule has 39 heavy (non-hydrogen) atoms. The van der Waals surface area contributed by atoms with E-state index in [1.165, 1.54) is 25.3 Å². The molecule has 0 heterocycles. The molecule has 0 spiro atoms. The van der Waals surface area contributed by atoms with Gasteiger partial charge in [0.2, 0.25) is 0 Å². The Hall–Kier alpha value is -2.70. The summed E-state index contributed by atoms with van der Waals surface area (Å²) in [6, 6.07) is 15.6. The Morgan fingerprint density at radius 3 is 2.41 bits per heavy atom. The van der Waals surface area contributed by atoms with Crippen molar-refractivity contribution in [1.82, 2.24) is 0 Å². The summed E-state index contributed by atoms with van der Waals surface area (Å²) < 4.78 is 39.1. The molecule has 0 aromatic heterocycles. The Bertz CT molecular complexity index is 1710. The number of fused-ring (bicyclic) bond motifs is 1. The number of methoxy groups -OCH3 is 1. The molecule has 0 fully saturated rings. The van der Waals surface area contributed by atoms with Gasteiger partial charge in [-0.1, -0.05) is 66.2 Å². The average Bonchev–Trinajstić information content (AvgIpc) is 2.87. The van der Waals surface area contributed by atoms with E-state index < -0.39 is 26.7 Å². The Labute approximate surface area is 256 Å². The third kappa shape index (κ3) is 6.55. The Kier molecular flexibility index (Phi) is 10.0. The summed E-state index contributed by atoms with van der Waals surface area (Å²) in [7, 11) is -3.35. The van der Waals surface area contributed by atoms with Crippen LogP contribution in [0.3, 0.4) is 0 Å². The molecule has 9 nitrogen and oxygen atoms in total. The molecule has 4 aromatic carbocycles. The first-order valence-electron chi connectivity index (χ1n) is 11.1. The maximum Gasteiger partial charge on any atom is 1.00 e. The fraction of sp³-hybridized carbons (Fsp3) is 0.115. The summed E-state index contributed by atoms with van der Waals surface area (Å²) in [4.78, 5) is 12.6. The molecule has 0 unspecified atom stereocenters. The maximum atomic E-state index is 13.5. The van der Waals surface area contributed by atoms with E-state index in [1.807, 2.05) is 0 Å². The standard InChI is InChI=1S/C26H21Cl2N3O6S.Na/c1-3-14-8-10-19(28)25(38(34,35)36)22(14)30-31-23-17-7-5-4-6-15(17)12-18(24(23)32)26(33)29-20-13-16(27)9-11-21(20)37-2;/h4-13,32H,3H2,1-2H3,(H,29,33)(H,34,35,36);/q;+1/p-1. The van der Waals surface area contributed by atoms with Crippen LogP contribution in [0.5, 0.6) is 11.5 Å². The molecule has 0 saturated carbocycles. The number of rotatable bonds is 7. The predicted molar refractivity (Wildman–Crippen MR) is 144 cm³/mol. The summed E-state index contributed by atoms with van der Waals surface area (Å²) in [5, 5.41) is 25.2. The van der Waals surface area contributed by atoms with Crippen molar-refractivity contribution in [3.63, 3.8) is 0 Å². The number of anilines is 1. The average molecular weight is 596 g/mol. The van der Waals surface area contributed by atoms with Gasteiger partial charge in [-0.05, 0) is 47.7 Å². The molecular formula is C26H20Cl2N3NaO6S. The number of hydrogen-bond acceptors (Lipinski definition) is 7. The number of nitrogens with one attached hydrogen (secondary N) is 1. The van der Waals surface area contributed by atoms with Gasteiger partial charge in [-0.15, -0.1) is 5.11 Å². The summed E-state index contributed by atoms with van der Waals surface area (Å²) in [5.41, 5.74) is 0.0325. The zero-order chi connectivity index (χ0) is 27.6. The van der Waals surface area contributed by atoms with E-state index in [1.54, 1.807) is 49.4 Å². The number of amides is 1. The van der Waals surface area contributed by atoms with E-state index in [0.717, 1.165) is 0 Å². The number of carbonyl (C=O) groups is 1. The molecule has 0 bridgehead atoms. The number of carbonyl (C=O) groups excluding carboxylic acids is 1. The first-order valence-corrected chi connectivity index (χ1v) is 13.3. The zero-order valence-electron chi connectivity index (χ0n) is 21.0. The van der Waals surface area contributed by atoms with E-state index in [4.69, 9.17) is 27.9 Å². The van der Waals surface area contributed by atoms with Crippen LogP contribution in [0.4, 0.5) is 17.1 Å². The quantitative estimate of drug-likeness (QED) is 0.189. The molecule has 2 N–H and O–H groups in total. The van der Waals surface area contributed by atoms with Crippen molar-refractivity contribution >= 4 is 67.1 Å². The zero-order valence-corrected chi connectivity index (χ0v) is 25.4. The predicted octanol–water partition coefficient (Wildman–Crippen LogP) is 3.71. The number of benzene rings is 4. The minimum Gasteiger partial charge on any atom is -0.870 e. The van der Waals surface area contributed by atoms with Crippen LogP contribution in [0.1, 0.15) is 22.8 Å². The first-order chi connectivity index (χ1) is 18.0. The fourth-order valence-corrected chi connectivity index (χ4v) is 5.22. The second kappa shape index (κ2) is 12.6. The molecule has 4 aromatic rings. The smallest absolute Gasteiger partial charge is 0.870 e. The SMILES string of the molecule is CCc1ccc(Cl)c(S(=O)(=O)O)c1N=Nc1c([O-])c(C(=O)Nc2cc(Cl)ccc2OC)cc2ccccc12.[Na+]. The summed E-state index contributed by atoms with van der Waals surface area (Å²) in [6.45, 7) is 1.75. The molecule has 0 atom stereocenters. The van der Waals surface area contributed by atoms with E-state index >= 15 is 0 Å². The van der Waals surface area contributed by atoms with Gasteiger partial charge in [-0.25, -0.2) is 0 Å². The van der Waals surface area contributed by atoms with Crippen LogP contribution in [0.15, 0.2) is 75.8 Å². The normalized spacial score (nSPS) is 11.4. The number of ether oxygens (including phenoxy) is 1. The molecule has 0 saturated heterocycles. The van der Waals surface area contributed by atoms with Gasteiger partial charge in [0.25, 0.3) is 16.0 Å². The van der Waals surface area contributed by atoms with Gasteiger partial charge in [-0.2, -0.15) is 13.5 Å². The molecule has 0 aliphatic carbocycles. The van der Waals surface area contributed by atoms with E-state index in [-0.39, 0.29) is 57.2 Å². The van der Waals surface area contributed by atoms with Crippen LogP contribution in [-0.4, -0.2) is 26.0 Å². The fourth-order valence-electron chi connectivity index (χ4n) is 3.87. The summed E-state index contributed by atoms with van der Waals surface area (Å²) >= 11 is 12.1. The molecule has 0 radical (unpaired) electrons. The van der Waals surface area contributed by atoms with Crippen molar-refractivity contribution in [3.05, 3.63) is 81.8 Å². The van der Waals surface area contributed by atoms with Crippen LogP contribution < -0.4 is 44.7 Å². The molecular weight excluding hydrogens is 576 g/mol. The van der Waals surface area contributed by atoms with Crippen molar-refractivity contribution in [2.75, 3.05) is 12.4 Å². The summed E-state index contributed by atoms with van der Waals surface area (Å²) in [5.74, 6) is -1.16. The first kappa shape index (κ1) is 30.8. The van der Waals surface area contributed by atoms with Crippen LogP contribution in [0.25, 0.3) is 10.8 Å². The number of halogens is 2. The number of aryl methyl sites for hydroxylation is 1. The topological polar surface area (TPSA) is 140 Å². The van der Waals surface area contributed by atoms with E-state index in [2.05, 4.69) is 15.5 Å². The second-order valence-electron chi connectivity index (χ2n) is 8.03. The van der Waals surface area contributed by atoms with Crippen LogP contribution in [0, 0.1) is 0 Å². The largest absolute Gasteiger partial charge is 1.00 e. The third-order valence-electron chi connectivity index (χ3n) is 5.69. The van der Waals surface area contributed by atoms with Gasteiger partial charge in [0, 0.05) is 16.0 Å². The minimum absolute atomic E-state index is 0. The Morgan fingerprint density at radius 1 is 1.05 bits per heavy atom. The van der Waals surface area contributed by atoms with Gasteiger partial charge in [0.15, 0.2) is 0 Å². The van der Waals surface area contributed by atoms with Crippen molar-refractivity contribution in [1.29, 1.82) is 0 Å². The van der Waals surface area contributed by atoms with Crippen LogP contribution >= 0.6 is 23.2 Å². The van der Waals surface area contributed by atoms with Gasteiger partial charge in [0.05, 0.1) is 23.5 Å². The van der Waals surface area contributed by atoms with Gasteiger partial charge in [-0.3, -0.25) is 9.35 Å². The maximum absolute atomic E-state index is 13.5. The molecule has 1 amide bonds. The number of azo groups is 1. The molecule has 4 rings (SSSR count). The van der Waals surface area contributed by atoms with Gasteiger partial charge >= 0.3 is 29.6 Å². The van der Waals surface area contributed by atoms with Crippen LogP contribution in [-0.2, 0) is 16.5 Å². The third-order valence-corrected chi connectivity index (χ3v) is 7.28. The second-order valence-corrected chi connectivity index (χ2v) is 10.2. The van der Waals surface area contributed by atoms with E-state index in [0.29, 0.717) is 33.5 Å².